The molecule has 1 aliphatic rings. The van der Waals surface area contributed by atoms with Crippen LogP contribution >= 0.6 is 0 Å². The van der Waals surface area contributed by atoms with Crippen molar-refractivity contribution in [3.63, 3.8) is 0 Å². The van der Waals surface area contributed by atoms with E-state index in [9.17, 15) is 4.79 Å². The average molecular weight is 127 g/mol. The minimum atomic E-state index is -0.873. The van der Waals surface area contributed by atoms with Crippen LogP contribution in [0.5, 0.6) is 0 Å². The lowest BCUT2D eigenvalue weighted by molar-refractivity contribution is -0.131. The molecule has 0 aromatic rings. The van der Waals surface area contributed by atoms with Crippen molar-refractivity contribution in [3.8, 4) is 0 Å². The second-order valence-electron chi connectivity index (χ2n) is 2.04. The quantitative estimate of drug-likeness (QED) is 0.542. The van der Waals surface area contributed by atoms with Gasteiger partial charge in [0.1, 0.15) is 0 Å². The van der Waals surface area contributed by atoms with E-state index in [1.807, 2.05) is 4.90 Å². The maximum atomic E-state index is 9.93. The summed E-state index contributed by atoms with van der Waals surface area (Å²) in [6.07, 6.45) is 3.97. The monoisotopic (exact) mass is 127 g/mol. The van der Waals surface area contributed by atoms with Gasteiger partial charge >= 0.3 is 5.97 Å². The highest BCUT2D eigenvalue weighted by molar-refractivity contribution is 5.79. The summed E-state index contributed by atoms with van der Waals surface area (Å²) < 4.78 is 0. The Kier molecular flexibility index (Phi) is 1.72. The second-order valence-corrected chi connectivity index (χ2v) is 2.04. The van der Waals surface area contributed by atoms with Crippen LogP contribution in [0.15, 0.2) is 12.3 Å². The molecule has 0 bridgehead atoms. The van der Waals surface area contributed by atoms with E-state index in [0.717, 1.165) is 13.1 Å². The van der Waals surface area contributed by atoms with E-state index in [2.05, 4.69) is 0 Å². The molecule has 9 heavy (non-hydrogen) atoms. The van der Waals surface area contributed by atoms with Crippen LogP contribution in [0, 0.1) is 0 Å². The van der Waals surface area contributed by atoms with Crippen LogP contribution in [0.3, 0.4) is 0 Å². The number of hydrogen-bond acceptors (Lipinski definition) is 2. The number of carboxylic acids is 1. The smallest absolute Gasteiger partial charge is 0.329 e. The third-order valence-corrected chi connectivity index (χ3v) is 1.32. The van der Waals surface area contributed by atoms with Gasteiger partial charge < -0.3 is 10.0 Å². The molecule has 0 unspecified atom stereocenters. The van der Waals surface area contributed by atoms with Gasteiger partial charge in [0, 0.05) is 25.4 Å². The summed E-state index contributed by atoms with van der Waals surface area (Å²) >= 11 is 0. The van der Waals surface area contributed by atoms with Crippen LogP contribution < -0.4 is 0 Å². The Labute approximate surface area is 53.6 Å². The molecule has 3 heteroatoms. The molecule has 0 amide bonds. The molecule has 0 atom stereocenters. The molecule has 50 valence electrons. The van der Waals surface area contributed by atoms with E-state index in [4.69, 9.17) is 5.11 Å². The van der Waals surface area contributed by atoms with Gasteiger partial charge in [0.05, 0.1) is 0 Å². The van der Waals surface area contributed by atoms with E-state index < -0.39 is 5.97 Å². The van der Waals surface area contributed by atoms with Crippen molar-refractivity contribution in [2.75, 3.05) is 13.1 Å². The SMILES string of the molecule is O=C(O)/C=C\N1CCC1. The van der Waals surface area contributed by atoms with Crippen LogP contribution in [0.1, 0.15) is 6.42 Å². The first-order valence-corrected chi connectivity index (χ1v) is 2.94. The zero-order valence-corrected chi connectivity index (χ0v) is 5.08. The third-order valence-electron chi connectivity index (χ3n) is 1.32. The summed E-state index contributed by atoms with van der Waals surface area (Å²) in [4.78, 5) is 11.9. The molecule has 0 aromatic heterocycles. The predicted molar refractivity (Wildman–Crippen MR) is 33.0 cm³/mol. The highest BCUT2D eigenvalue weighted by Crippen LogP contribution is 2.04. The van der Waals surface area contributed by atoms with E-state index >= 15 is 0 Å². The first kappa shape index (κ1) is 6.13. The average Bonchev–Trinajstić information content (AvgIpc) is 1.60. The summed E-state index contributed by atoms with van der Waals surface area (Å²) in [5.74, 6) is -0.873. The van der Waals surface area contributed by atoms with Gasteiger partial charge in [-0.05, 0) is 6.42 Å². The number of carbonyl (C=O) groups is 1. The van der Waals surface area contributed by atoms with Crippen molar-refractivity contribution in [2.45, 2.75) is 6.42 Å². The topological polar surface area (TPSA) is 40.5 Å². The summed E-state index contributed by atoms with van der Waals surface area (Å²) in [7, 11) is 0. The minimum absolute atomic E-state index is 0.873. The molecule has 0 aromatic carbocycles. The maximum absolute atomic E-state index is 9.93. The maximum Gasteiger partial charge on any atom is 0.329 e. The zero-order chi connectivity index (χ0) is 6.69. The van der Waals surface area contributed by atoms with Crippen molar-refractivity contribution < 1.29 is 9.90 Å². The van der Waals surface area contributed by atoms with Gasteiger partial charge in [-0.15, -0.1) is 0 Å². The van der Waals surface area contributed by atoms with Gasteiger partial charge in [-0.1, -0.05) is 0 Å². The fourth-order valence-corrected chi connectivity index (χ4v) is 0.659. The highest BCUT2D eigenvalue weighted by atomic mass is 16.4. The Morgan fingerprint density at radius 3 is 2.56 bits per heavy atom. The predicted octanol–water partition coefficient (Wildman–Crippen LogP) is 0.290. The normalized spacial score (nSPS) is 18.0. The lowest BCUT2D eigenvalue weighted by Gasteiger charge is -2.28. The minimum Gasteiger partial charge on any atom is -0.478 e. The summed E-state index contributed by atoms with van der Waals surface area (Å²) in [5, 5.41) is 8.17. The molecule has 1 aliphatic heterocycles. The summed E-state index contributed by atoms with van der Waals surface area (Å²) in [6, 6.07) is 0. The van der Waals surface area contributed by atoms with Gasteiger partial charge in [-0.3, -0.25) is 0 Å². The Morgan fingerprint density at radius 2 is 2.22 bits per heavy atom. The third kappa shape index (κ3) is 1.76. The summed E-state index contributed by atoms with van der Waals surface area (Å²) in [6.45, 7) is 2.01. The number of nitrogens with zero attached hydrogens (tertiary/aromatic N) is 1. The van der Waals surface area contributed by atoms with Crippen molar-refractivity contribution in [1.29, 1.82) is 0 Å². The van der Waals surface area contributed by atoms with Gasteiger partial charge in [-0.2, -0.15) is 0 Å². The molecule has 0 saturated carbocycles. The fraction of sp³-hybridized carbons (Fsp3) is 0.500. The summed E-state index contributed by atoms with van der Waals surface area (Å²) in [5.41, 5.74) is 0. The lowest BCUT2D eigenvalue weighted by Crippen LogP contribution is -2.32. The first-order valence-electron chi connectivity index (χ1n) is 2.94. The van der Waals surface area contributed by atoms with Crippen LogP contribution in [0.25, 0.3) is 0 Å². The number of aliphatic carboxylic acids is 1. The van der Waals surface area contributed by atoms with E-state index in [0.29, 0.717) is 0 Å². The molecule has 1 rings (SSSR count). The van der Waals surface area contributed by atoms with E-state index in [-0.39, 0.29) is 0 Å². The zero-order valence-electron chi connectivity index (χ0n) is 5.08. The molecule has 1 fully saturated rings. The van der Waals surface area contributed by atoms with Crippen molar-refractivity contribution in [1.82, 2.24) is 4.90 Å². The highest BCUT2D eigenvalue weighted by Gasteiger charge is 2.07. The van der Waals surface area contributed by atoms with Crippen molar-refractivity contribution in [3.05, 3.63) is 12.3 Å². The van der Waals surface area contributed by atoms with Crippen molar-refractivity contribution in [2.24, 2.45) is 0 Å². The molecule has 3 nitrogen and oxygen atoms in total. The van der Waals surface area contributed by atoms with Crippen LogP contribution in [0.4, 0.5) is 0 Å². The second kappa shape index (κ2) is 2.53. The van der Waals surface area contributed by atoms with Crippen LogP contribution in [-0.2, 0) is 4.79 Å². The first-order chi connectivity index (χ1) is 4.29. The largest absolute Gasteiger partial charge is 0.478 e. The molecule has 0 aliphatic carbocycles. The molecule has 0 spiro atoms. The van der Waals surface area contributed by atoms with Crippen molar-refractivity contribution >= 4 is 5.97 Å². The van der Waals surface area contributed by atoms with Gasteiger partial charge in [-0.25, -0.2) is 4.79 Å². The molecule has 1 N–H and O–H groups in total. The molecule has 1 saturated heterocycles. The Balaban J connectivity index is 2.22. The Hall–Kier alpha value is -0.990. The standard InChI is InChI=1S/C6H9NO2/c8-6(9)2-5-7-3-1-4-7/h2,5H,1,3-4H2,(H,8,9)/b5-2-. The lowest BCUT2D eigenvalue weighted by atomic mass is 10.2. The Bertz CT molecular complexity index is 138. The van der Waals surface area contributed by atoms with Crippen LogP contribution in [-0.4, -0.2) is 29.1 Å². The number of likely N-dealkylation sites (tertiary alicyclic amines) is 1. The van der Waals surface area contributed by atoms with E-state index in [1.165, 1.54) is 12.5 Å². The fourth-order valence-electron chi connectivity index (χ4n) is 0.659. The van der Waals surface area contributed by atoms with Gasteiger partial charge in [0.2, 0.25) is 0 Å². The van der Waals surface area contributed by atoms with Gasteiger partial charge in [0.15, 0.2) is 0 Å². The number of hydrogen-bond donors (Lipinski definition) is 1. The molecule has 1 heterocycles. The molecular formula is C6H9NO2. The van der Waals surface area contributed by atoms with Gasteiger partial charge in [0.25, 0.3) is 0 Å². The van der Waals surface area contributed by atoms with E-state index in [1.54, 1.807) is 6.20 Å². The van der Waals surface area contributed by atoms with Crippen LogP contribution in [0.2, 0.25) is 0 Å². The molecule has 0 radical (unpaired) electrons. The molecular weight excluding hydrogens is 118 g/mol. The number of carboxylic acid groups (broad SMARTS) is 1. The number of rotatable bonds is 2. The Morgan fingerprint density at radius 1 is 1.56 bits per heavy atom.